The van der Waals surface area contributed by atoms with Gasteiger partial charge in [-0.3, -0.25) is 4.79 Å². The lowest BCUT2D eigenvalue weighted by Gasteiger charge is -2.39. The first-order valence-corrected chi connectivity index (χ1v) is 11.3. The van der Waals surface area contributed by atoms with Crippen molar-refractivity contribution in [3.63, 3.8) is 0 Å². The molecule has 1 amide bonds. The lowest BCUT2D eigenvalue weighted by molar-refractivity contribution is -0.137. The fourth-order valence-electron chi connectivity index (χ4n) is 3.89. The minimum absolute atomic E-state index is 0.000549. The van der Waals surface area contributed by atoms with Gasteiger partial charge in [0.15, 0.2) is 0 Å². The number of rotatable bonds is 4. The van der Waals surface area contributed by atoms with Crippen molar-refractivity contribution in [1.29, 1.82) is 0 Å². The topological polar surface area (TPSA) is 64.2 Å². The third-order valence-corrected chi connectivity index (χ3v) is 7.66. The fourth-order valence-corrected chi connectivity index (χ4v) is 5.02. The van der Waals surface area contributed by atoms with Crippen molar-refractivity contribution >= 4 is 21.8 Å². The van der Waals surface area contributed by atoms with Crippen LogP contribution in [0.5, 0.6) is 0 Å². The molecule has 7 nitrogen and oxygen atoms in total. The van der Waals surface area contributed by atoms with E-state index in [1.165, 1.54) is 28.8 Å². The number of nitrogens with zero attached hydrogens (tertiary/aromatic N) is 4. The molecule has 0 aromatic heterocycles. The van der Waals surface area contributed by atoms with E-state index in [4.69, 9.17) is 0 Å². The molecule has 2 aliphatic rings. The minimum Gasteiger partial charge on any atom is -0.368 e. The SMILES string of the molecule is CN(C)S(=O)(=O)N1CCC(C(=O)N2CCN(c3cccc(C(F)(F)F)c3)CC2)CC1. The molecule has 0 radical (unpaired) electrons. The molecule has 2 saturated heterocycles. The van der Waals surface area contributed by atoms with Gasteiger partial charge in [-0.15, -0.1) is 0 Å². The molecule has 2 heterocycles. The summed E-state index contributed by atoms with van der Waals surface area (Å²) < 4.78 is 65.8. The summed E-state index contributed by atoms with van der Waals surface area (Å²) in [5.74, 6) is -0.223. The zero-order valence-electron chi connectivity index (χ0n) is 17.1. The van der Waals surface area contributed by atoms with Crippen LogP contribution >= 0.6 is 0 Å². The van der Waals surface area contributed by atoms with Crippen molar-refractivity contribution in [1.82, 2.24) is 13.5 Å². The van der Waals surface area contributed by atoms with Crippen molar-refractivity contribution in [3.8, 4) is 0 Å². The number of piperidine rings is 1. The average Bonchev–Trinajstić information content (AvgIpc) is 2.73. The Labute approximate surface area is 175 Å². The van der Waals surface area contributed by atoms with Crippen LogP contribution in [-0.4, -0.2) is 81.2 Å². The summed E-state index contributed by atoms with van der Waals surface area (Å²) in [6.45, 7) is 2.40. The van der Waals surface area contributed by atoms with E-state index in [0.29, 0.717) is 57.8 Å². The molecule has 0 unspecified atom stereocenters. The second-order valence-corrected chi connectivity index (χ2v) is 9.97. The highest BCUT2D eigenvalue weighted by molar-refractivity contribution is 7.86. The van der Waals surface area contributed by atoms with E-state index in [9.17, 15) is 26.4 Å². The molecular weight excluding hydrogens is 421 g/mol. The molecule has 0 aliphatic carbocycles. The summed E-state index contributed by atoms with van der Waals surface area (Å²) in [4.78, 5) is 16.4. The summed E-state index contributed by atoms with van der Waals surface area (Å²) in [5, 5.41) is 0. The zero-order valence-corrected chi connectivity index (χ0v) is 17.9. The van der Waals surface area contributed by atoms with Crippen LogP contribution in [-0.2, 0) is 21.2 Å². The lowest BCUT2D eigenvalue weighted by atomic mass is 9.96. The molecular formula is C19H27F3N4O3S. The quantitative estimate of drug-likeness (QED) is 0.706. The molecule has 168 valence electrons. The van der Waals surface area contributed by atoms with Crippen LogP contribution in [0.4, 0.5) is 18.9 Å². The Morgan fingerprint density at radius 2 is 1.63 bits per heavy atom. The van der Waals surface area contributed by atoms with Gasteiger partial charge in [0.25, 0.3) is 10.2 Å². The smallest absolute Gasteiger partial charge is 0.368 e. The molecule has 2 fully saturated rings. The molecule has 1 aromatic carbocycles. The second kappa shape index (κ2) is 8.72. The lowest BCUT2D eigenvalue weighted by Crippen LogP contribution is -2.52. The Bertz CT molecular complexity index is 860. The standard InChI is InChI=1S/C19H27F3N4O3S/c1-23(2)30(28,29)26-8-6-15(7-9-26)18(27)25-12-10-24(11-13-25)17-5-3-4-16(14-17)19(20,21)22/h3-5,14-15H,6-13H2,1-2H3. The van der Waals surface area contributed by atoms with Gasteiger partial charge < -0.3 is 9.80 Å². The van der Waals surface area contributed by atoms with E-state index in [0.717, 1.165) is 12.1 Å². The monoisotopic (exact) mass is 448 g/mol. The van der Waals surface area contributed by atoms with Gasteiger partial charge in [0.1, 0.15) is 0 Å². The van der Waals surface area contributed by atoms with Gasteiger partial charge in [-0.2, -0.15) is 30.2 Å². The average molecular weight is 449 g/mol. The summed E-state index contributed by atoms with van der Waals surface area (Å²) in [6.07, 6.45) is -3.44. The molecule has 0 spiro atoms. The fraction of sp³-hybridized carbons (Fsp3) is 0.632. The molecule has 0 N–H and O–H groups in total. The van der Waals surface area contributed by atoms with E-state index in [2.05, 4.69) is 0 Å². The van der Waals surface area contributed by atoms with Crippen LogP contribution in [0.2, 0.25) is 0 Å². The van der Waals surface area contributed by atoms with Crippen molar-refractivity contribution in [2.24, 2.45) is 5.92 Å². The Hall–Kier alpha value is -1.85. The van der Waals surface area contributed by atoms with Crippen LogP contribution in [0.3, 0.4) is 0 Å². The maximum atomic E-state index is 12.9. The number of anilines is 1. The Balaban J connectivity index is 1.54. The summed E-state index contributed by atoms with van der Waals surface area (Å²) in [5.41, 5.74) is -0.183. The first-order valence-electron chi connectivity index (χ1n) is 9.89. The number of piperazine rings is 1. The van der Waals surface area contributed by atoms with Crippen molar-refractivity contribution in [3.05, 3.63) is 29.8 Å². The molecule has 0 saturated carbocycles. The normalized spacial score (nSPS) is 20.1. The predicted molar refractivity (Wildman–Crippen MR) is 107 cm³/mol. The van der Waals surface area contributed by atoms with E-state index >= 15 is 0 Å². The van der Waals surface area contributed by atoms with Gasteiger partial charge in [-0.25, -0.2) is 0 Å². The number of benzene rings is 1. The number of carbonyl (C=O) groups is 1. The van der Waals surface area contributed by atoms with Crippen LogP contribution in [0.25, 0.3) is 0 Å². The Morgan fingerprint density at radius 1 is 1.03 bits per heavy atom. The number of hydrogen-bond acceptors (Lipinski definition) is 4. The van der Waals surface area contributed by atoms with Gasteiger partial charge in [0, 0.05) is 65.0 Å². The maximum Gasteiger partial charge on any atom is 0.416 e. The molecule has 11 heteroatoms. The van der Waals surface area contributed by atoms with E-state index in [-0.39, 0.29) is 11.8 Å². The van der Waals surface area contributed by atoms with Crippen LogP contribution < -0.4 is 4.90 Å². The number of hydrogen-bond donors (Lipinski definition) is 0. The summed E-state index contributed by atoms with van der Waals surface area (Å²) in [7, 11) is -0.506. The molecule has 3 rings (SSSR count). The molecule has 30 heavy (non-hydrogen) atoms. The Kier molecular flexibility index (Phi) is 6.63. The van der Waals surface area contributed by atoms with Gasteiger partial charge >= 0.3 is 6.18 Å². The molecule has 0 atom stereocenters. The number of amides is 1. The molecule has 0 bridgehead atoms. The molecule has 2 aliphatic heterocycles. The van der Waals surface area contributed by atoms with Crippen LogP contribution in [0.15, 0.2) is 24.3 Å². The molecule has 1 aromatic rings. The van der Waals surface area contributed by atoms with Gasteiger partial charge in [0.2, 0.25) is 5.91 Å². The van der Waals surface area contributed by atoms with Crippen molar-refractivity contribution < 1.29 is 26.4 Å². The first-order chi connectivity index (χ1) is 14.0. The largest absolute Gasteiger partial charge is 0.416 e. The van der Waals surface area contributed by atoms with E-state index < -0.39 is 21.9 Å². The van der Waals surface area contributed by atoms with Gasteiger partial charge in [0.05, 0.1) is 5.56 Å². The van der Waals surface area contributed by atoms with Crippen molar-refractivity contribution in [2.75, 3.05) is 58.3 Å². The van der Waals surface area contributed by atoms with Crippen LogP contribution in [0.1, 0.15) is 18.4 Å². The van der Waals surface area contributed by atoms with E-state index in [1.807, 2.05) is 4.90 Å². The van der Waals surface area contributed by atoms with E-state index in [1.54, 1.807) is 11.0 Å². The third-order valence-electron chi connectivity index (χ3n) is 5.72. The zero-order chi connectivity index (χ0) is 22.1. The second-order valence-electron chi connectivity index (χ2n) is 7.82. The van der Waals surface area contributed by atoms with Gasteiger partial charge in [-0.1, -0.05) is 6.07 Å². The Morgan fingerprint density at radius 3 is 2.17 bits per heavy atom. The highest BCUT2D eigenvalue weighted by Crippen LogP contribution is 2.32. The number of carbonyl (C=O) groups excluding carboxylic acids is 1. The number of alkyl halides is 3. The van der Waals surface area contributed by atoms with Crippen molar-refractivity contribution in [2.45, 2.75) is 19.0 Å². The minimum atomic E-state index is -4.39. The third kappa shape index (κ3) is 4.89. The van der Waals surface area contributed by atoms with Crippen LogP contribution in [0, 0.1) is 5.92 Å². The van der Waals surface area contributed by atoms with Gasteiger partial charge in [-0.05, 0) is 31.0 Å². The highest BCUT2D eigenvalue weighted by Gasteiger charge is 2.35. The number of halogens is 3. The first kappa shape index (κ1) is 22.8. The maximum absolute atomic E-state index is 12.9. The predicted octanol–water partition coefficient (Wildman–Crippen LogP) is 1.87. The summed E-state index contributed by atoms with van der Waals surface area (Å²) in [6, 6.07) is 5.23. The summed E-state index contributed by atoms with van der Waals surface area (Å²) >= 11 is 0. The highest BCUT2D eigenvalue weighted by atomic mass is 32.2.